The number of carboxylic acid groups (broad SMARTS) is 1. The fraction of sp³-hybridized carbons (Fsp3) is 0.556. The third-order valence-electron chi connectivity index (χ3n) is 5.55. The van der Waals surface area contributed by atoms with Crippen molar-refractivity contribution in [1.29, 1.82) is 0 Å². The Hall–Kier alpha value is -1.73. The number of imidazole rings is 1. The Kier molecular flexibility index (Phi) is 5.24. The SMILES string of the molecule is CC1CCC(CC(C)[S+]([O-])c2ccc3[nH]c(NC(=O)O)nc3c2)C1C. The smallest absolute Gasteiger partial charge is 0.411 e. The Morgan fingerprint density at radius 2 is 2.24 bits per heavy atom. The van der Waals surface area contributed by atoms with Gasteiger partial charge >= 0.3 is 6.09 Å². The summed E-state index contributed by atoms with van der Waals surface area (Å²) in [7, 11) is 0. The van der Waals surface area contributed by atoms with Gasteiger partial charge in [-0.1, -0.05) is 20.3 Å². The van der Waals surface area contributed by atoms with E-state index in [9.17, 15) is 9.35 Å². The van der Waals surface area contributed by atoms with Crippen LogP contribution < -0.4 is 5.32 Å². The first-order valence-corrected chi connectivity index (χ1v) is 9.96. The van der Waals surface area contributed by atoms with Gasteiger partial charge in [0, 0.05) is 6.07 Å². The lowest BCUT2D eigenvalue weighted by molar-refractivity contribution is 0.209. The first-order valence-electron chi connectivity index (χ1n) is 8.75. The molecule has 6 nitrogen and oxygen atoms in total. The van der Waals surface area contributed by atoms with Crippen LogP contribution in [0.15, 0.2) is 23.1 Å². The molecule has 3 N–H and O–H groups in total. The molecule has 1 saturated carbocycles. The summed E-state index contributed by atoms with van der Waals surface area (Å²) in [6, 6.07) is 5.42. The van der Waals surface area contributed by atoms with Crippen LogP contribution in [-0.4, -0.2) is 31.0 Å². The molecule has 0 radical (unpaired) electrons. The van der Waals surface area contributed by atoms with Crippen molar-refractivity contribution < 1.29 is 14.5 Å². The average Bonchev–Trinajstić information content (AvgIpc) is 3.09. The van der Waals surface area contributed by atoms with Crippen LogP contribution in [-0.2, 0) is 11.2 Å². The second kappa shape index (κ2) is 7.25. The topological polar surface area (TPSA) is 101 Å². The van der Waals surface area contributed by atoms with Gasteiger partial charge in [-0.25, -0.2) is 9.78 Å². The van der Waals surface area contributed by atoms with Crippen LogP contribution in [0.1, 0.15) is 40.0 Å². The second-order valence-corrected chi connectivity index (χ2v) is 9.08. The van der Waals surface area contributed by atoms with E-state index in [1.54, 1.807) is 12.1 Å². The summed E-state index contributed by atoms with van der Waals surface area (Å²) in [4.78, 5) is 18.5. The molecule has 5 atom stereocenters. The normalized spacial score (nSPS) is 25.8. The lowest BCUT2D eigenvalue weighted by atomic mass is 9.89. The zero-order valence-electron chi connectivity index (χ0n) is 14.8. The van der Waals surface area contributed by atoms with Gasteiger partial charge in [0.1, 0.15) is 5.25 Å². The molecule has 0 saturated heterocycles. The second-order valence-electron chi connectivity index (χ2n) is 7.21. The molecule has 1 heterocycles. The van der Waals surface area contributed by atoms with Gasteiger partial charge < -0.3 is 14.6 Å². The number of fused-ring (bicyclic) bond motifs is 1. The quantitative estimate of drug-likeness (QED) is 0.692. The van der Waals surface area contributed by atoms with E-state index in [1.807, 2.05) is 6.07 Å². The minimum atomic E-state index is -1.17. The first kappa shape index (κ1) is 18.1. The van der Waals surface area contributed by atoms with E-state index in [4.69, 9.17) is 5.11 Å². The van der Waals surface area contributed by atoms with Gasteiger partial charge in [-0.15, -0.1) is 0 Å². The molecule has 0 spiro atoms. The summed E-state index contributed by atoms with van der Waals surface area (Å²) in [5.74, 6) is 2.27. The van der Waals surface area contributed by atoms with Crippen molar-refractivity contribution in [2.24, 2.45) is 17.8 Å². The number of nitrogens with one attached hydrogen (secondary N) is 2. The lowest BCUT2D eigenvalue weighted by Crippen LogP contribution is -2.23. The minimum Gasteiger partial charge on any atom is -0.611 e. The van der Waals surface area contributed by atoms with Crippen molar-refractivity contribution in [2.75, 3.05) is 5.32 Å². The highest BCUT2D eigenvalue weighted by Gasteiger charge is 2.33. The van der Waals surface area contributed by atoms with Crippen molar-refractivity contribution in [3.63, 3.8) is 0 Å². The van der Waals surface area contributed by atoms with Gasteiger partial charge in [0.15, 0.2) is 4.90 Å². The zero-order valence-corrected chi connectivity index (χ0v) is 15.6. The van der Waals surface area contributed by atoms with E-state index in [2.05, 4.69) is 36.1 Å². The molecule has 25 heavy (non-hydrogen) atoms. The number of H-pyrrole nitrogens is 1. The molecule has 1 amide bonds. The zero-order chi connectivity index (χ0) is 18.1. The lowest BCUT2D eigenvalue weighted by Gasteiger charge is -2.24. The molecule has 136 valence electrons. The van der Waals surface area contributed by atoms with Crippen LogP contribution in [0.2, 0.25) is 0 Å². The van der Waals surface area contributed by atoms with Gasteiger partial charge in [-0.05, 0) is 60.8 Å². The summed E-state index contributed by atoms with van der Waals surface area (Å²) in [5, 5.41) is 11.0. The maximum absolute atomic E-state index is 12.9. The molecule has 1 aromatic heterocycles. The number of nitrogens with zero attached hydrogens (tertiary/aromatic N) is 1. The molecular weight excluding hydrogens is 338 g/mol. The molecular formula is C18H25N3O3S. The molecule has 2 aromatic rings. The number of hydrogen-bond donors (Lipinski definition) is 3. The summed E-state index contributed by atoms with van der Waals surface area (Å²) < 4.78 is 12.9. The number of rotatable bonds is 5. The number of aromatic amines is 1. The maximum Gasteiger partial charge on any atom is 0.411 e. The Morgan fingerprint density at radius 3 is 2.88 bits per heavy atom. The fourth-order valence-corrected chi connectivity index (χ4v) is 5.13. The van der Waals surface area contributed by atoms with Crippen molar-refractivity contribution in [3.05, 3.63) is 18.2 Å². The Morgan fingerprint density at radius 1 is 1.48 bits per heavy atom. The van der Waals surface area contributed by atoms with Crippen LogP contribution in [0.3, 0.4) is 0 Å². The number of benzene rings is 1. The third kappa shape index (κ3) is 3.93. The molecule has 3 rings (SSSR count). The van der Waals surface area contributed by atoms with E-state index >= 15 is 0 Å². The number of amides is 1. The largest absolute Gasteiger partial charge is 0.611 e. The highest BCUT2D eigenvalue weighted by atomic mass is 32.2. The molecule has 7 heteroatoms. The van der Waals surface area contributed by atoms with E-state index in [1.165, 1.54) is 12.8 Å². The molecule has 1 aromatic carbocycles. The minimum absolute atomic E-state index is 0.0887. The maximum atomic E-state index is 12.9. The monoisotopic (exact) mass is 363 g/mol. The highest BCUT2D eigenvalue weighted by molar-refractivity contribution is 7.92. The molecule has 1 aliphatic carbocycles. The predicted octanol–water partition coefficient (Wildman–Crippen LogP) is 4.22. The van der Waals surface area contributed by atoms with E-state index in [0.717, 1.165) is 22.8 Å². The van der Waals surface area contributed by atoms with Gasteiger partial charge in [0.25, 0.3) is 0 Å². The van der Waals surface area contributed by atoms with Crippen LogP contribution >= 0.6 is 0 Å². The van der Waals surface area contributed by atoms with Gasteiger partial charge in [-0.2, -0.15) is 0 Å². The number of anilines is 1. The van der Waals surface area contributed by atoms with E-state index in [-0.39, 0.29) is 11.2 Å². The molecule has 0 aliphatic heterocycles. The summed E-state index contributed by atoms with van der Waals surface area (Å²) in [5.41, 5.74) is 1.33. The molecule has 1 aliphatic rings. The third-order valence-corrected chi connectivity index (χ3v) is 7.19. The average molecular weight is 363 g/mol. The van der Waals surface area contributed by atoms with Crippen molar-refractivity contribution in [2.45, 2.75) is 50.2 Å². The fourth-order valence-electron chi connectivity index (χ4n) is 3.82. The number of hydrogen-bond acceptors (Lipinski definition) is 3. The van der Waals surface area contributed by atoms with Crippen molar-refractivity contribution in [3.8, 4) is 0 Å². The summed E-state index contributed by atoms with van der Waals surface area (Å²) >= 11 is -1.10. The van der Waals surface area contributed by atoms with Gasteiger partial charge in [0.2, 0.25) is 5.95 Å². The number of carbonyl (C=O) groups is 1. The van der Waals surface area contributed by atoms with Crippen molar-refractivity contribution in [1.82, 2.24) is 9.97 Å². The Balaban J connectivity index is 1.72. The highest BCUT2D eigenvalue weighted by Crippen LogP contribution is 2.40. The van der Waals surface area contributed by atoms with E-state index in [0.29, 0.717) is 17.4 Å². The van der Waals surface area contributed by atoms with Gasteiger partial charge in [0.05, 0.1) is 11.0 Å². The standard InChI is InChI=1S/C18H25N3O3S/c1-10-4-5-13(12(10)3)8-11(2)25(24)14-6-7-15-16(9-14)20-17(19-15)21-18(22)23/h6-7,9-13H,4-5,8H2,1-3H3,(H,22,23)(H2,19,20,21). The van der Waals surface area contributed by atoms with Gasteiger partial charge in [-0.3, -0.25) is 5.32 Å². The Bertz CT molecular complexity index is 763. The molecule has 1 fully saturated rings. The first-order chi connectivity index (χ1) is 11.8. The molecule has 0 bridgehead atoms. The predicted molar refractivity (Wildman–Crippen MR) is 99.3 cm³/mol. The molecule has 5 unspecified atom stereocenters. The Labute approximate surface area is 150 Å². The summed E-state index contributed by atoms with van der Waals surface area (Å²) in [6.07, 6.45) is 2.30. The van der Waals surface area contributed by atoms with Crippen LogP contribution in [0.4, 0.5) is 10.7 Å². The van der Waals surface area contributed by atoms with Crippen molar-refractivity contribution >= 4 is 34.3 Å². The van der Waals surface area contributed by atoms with Crippen LogP contribution in [0.25, 0.3) is 11.0 Å². The van der Waals surface area contributed by atoms with Crippen LogP contribution in [0, 0.1) is 17.8 Å². The summed E-state index contributed by atoms with van der Waals surface area (Å²) in [6.45, 7) is 6.67. The van der Waals surface area contributed by atoms with E-state index < -0.39 is 17.3 Å². The number of aromatic nitrogens is 2. The van der Waals surface area contributed by atoms with Crippen LogP contribution in [0.5, 0.6) is 0 Å².